The molecule has 1 aliphatic carbocycles. The number of halogens is 3. The van der Waals surface area contributed by atoms with E-state index in [2.05, 4.69) is 4.99 Å². The van der Waals surface area contributed by atoms with Crippen LogP contribution in [0, 0.1) is 17.5 Å². The molecule has 11 heteroatoms. The van der Waals surface area contributed by atoms with Crippen molar-refractivity contribution in [2.75, 3.05) is 0 Å². The summed E-state index contributed by atoms with van der Waals surface area (Å²) in [5, 5.41) is 0. The van der Waals surface area contributed by atoms with Gasteiger partial charge in [0, 0.05) is 12.0 Å². The Morgan fingerprint density at radius 1 is 0.935 bits per heavy atom. The van der Waals surface area contributed by atoms with Crippen molar-refractivity contribution in [1.29, 1.82) is 0 Å². The van der Waals surface area contributed by atoms with E-state index in [0.717, 1.165) is 47.6 Å². The summed E-state index contributed by atoms with van der Waals surface area (Å²) in [6.45, 7) is 4.62. The van der Waals surface area contributed by atoms with Crippen molar-refractivity contribution < 1.29 is 37.0 Å². The second-order valence-corrected chi connectivity index (χ2v) is 12.3. The fourth-order valence-electron chi connectivity index (χ4n) is 5.13. The summed E-state index contributed by atoms with van der Waals surface area (Å²) >= 11 is 0. The van der Waals surface area contributed by atoms with Crippen LogP contribution in [0.4, 0.5) is 23.7 Å². The summed E-state index contributed by atoms with van der Waals surface area (Å²) in [6.07, 6.45) is 1.77. The molecule has 1 aliphatic rings. The van der Waals surface area contributed by atoms with Crippen LogP contribution in [0.1, 0.15) is 74.4 Å². The second-order valence-electron chi connectivity index (χ2n) is 12.3. The summed E-state index contributed by atoms with van der Waals surface area (Å²) in [6, 6.07) is 14.6. The molecule has 1 fully saturated rings. The van der Waals surface area contributed by atoms with Crippen molar-refractivity contribution in [3.05, 3.63) is 101 Å². The molecule has 0 aromatic heterocycles. The van der Waals surface area contributed by atoms with Gasteiger partial charge < -0.3 is 15.2 Å². The molecule has 0 spiro atoms. The third-order valence-corrected chi connectivity index (χ3v) is 7.33. The number of ketones is 1. The lowest BCUT2D eigenvalue weighted by Gasteiger charge is -2.33. The normalized spacial score (nSPS) is 14.5. The van der Waals surface area contributed by atoms with Crippen LogP contribution in [0.15, 0.2) is 71.7 Å². The van der Waals surface area contributed by atoms with Crippen LogP contribution in [0.2, 0.25) is 0 Å². The van der Waals surface area contributed by atoms with E-state index in [-0.39, 0.29) is 36.0 Å². The molecule has 0 unspecified atom stereocenters. The van der Waals surface area contributed by atoms with Crippen LogP contribution in [-0.2, 0) is 27.2 Å². The Kier molecular flexibility index (Phi) is 11.2. The van der Waals surface area contributed by atoms with Gasteiger partial charge in [-0.15, -0.1) is 0 Å². The minimum Gasteiger partial charge on any atom is -0.461 e. The molecule has 0 bridgehead atoms. The van der Waals surface area contributed by atoms with Crippen LogP contribution >= 0.6 is 0 Å². The number of aliphatic imine (C=N–C) groups is 1. The number of carbonyl (C=O) groups is 3. The van der Waals surface area contributed by atoms with Crippen LogP contribution in [0.5, 0.6) is 0 Å². The summed E-state index contributed by atoms with van der Waals surface area (Å²) < 4.78 is 55.3. The fourth-order valence-corrected chi connectivity index (χ4v) is 5.13. The van der Waals surface area contributed by atoms with Gasteiger partial charge in [-0.2, -0.15) is 0 Å². The number of rotatable bonds is 11. The second kappa shape index (κ2) is 15.1. The lowest BCUT2D eigenvalue weighted by molar-refractivity contribution is -0.155. The van der Waals surface area contributed by atoms with Gasteiger partial charge in [0.2, 0.25) is 0 Å². The van der Waals surface area contributed by atoms with Gasteiger partial charge >= 0.3 is 12.1 Å². The smallest absolute Gasteiger partial charge is 0.411 e. The number of hydrogen-bond donors (Lipinski definition) is 1. The number of esters is 1. The Bertz CT molecular complexity index is 1540. The topological polar surface area (TPSA) is 111 Å². The number of nitrogens with two attached hydrogens (primary N) is 1. The number of hydrogen-bond acceptors (Lipinski definition) is 6. The molecule has 1 saturated carbocycles. The Hall–Kier alpha value is -4.67. The summed E-state index contributed by atoms with van der Waals surface area (Å²) in [4.78, 5) is 44.6. The molecule has 46 heavy (non-hydrogen) atoms. The molecule has 0 aliphatic heterocycles. The number of carbonyl (C=O) groups excluding carboxylic acids is 3. The van der Waals surface area contributed by atoms with Crippen molar-refractivity contribution >= 4 is 29.4 Å². The Morgan fingerprint density at radius 2 is 1.54 bits per heavy atom. The first-order valence-corrected chi connectivity index (χ1v) is 15.1. The van der Waals surface area contributed by atoms with Gasteiger partial charge in [-0.25, -0.2) is 27.8 Å². The average Bonchev–Trinajstić information content (AvgIpc) is 3.49. The van der Waals surface area contributed by atoms with Gasteiger partial charge in [-0.1, -0.05) is 30.3 Å². The van der Waals surface area contributed by atoms with E-state index >= 15 is 8.78 Å². The van der Waals surface area contributed by atoms with Crippen molar-refractivity contribution in [2.24, 2.45) is 10.7 Å². The SMILES string of the molecule is CC(C)(C)OC(=O)N(Cc1cc(F)c(N=C(N)CC(=O)c2ccc(F)cc2)c(F)c1)[C@@H](Cc1ccccc1)C(=O)OC1CCCC1. The van der Waals surface area contributed by atoms with Gasteiger partial charge in [-0.05, 0) is 94.0 Å². The fraction of sp³-hybridized carbons (Fsp3) is 0.371. The molecule has 1 atom stereocenters. The Morgan fingerprint density at radius 3 is 2.13 bits per heavy atom. The molecular weight excluding hydrogens is 599 g/mol. The highest BCUT2D eigenvalue weighted by Gasteiger charge is 2.36. The van der Waals surface area contributed by atoms with Crippen molar-refractivity contribution in [3.8, 4) is 0 Å². The van der Waals surface area contributed by atoms with Crippen molar-refractivity contribution in [3.63, 3.8) is 0 Å². The van der Waals surface area contributed by atoms with Crippen LogP contribution in [0.3, 0.4) is 0 Å². The maximum absolute atomic E-state index is 15.3. The first-order valence-electron chi connectivity index (χ1n) is 15.1. The van der Waals surface area contributed by atoms with E-state index < -0.39 is 59.0 Å². The molecule has 3 aromatic rings. The third-order valence-electron chi connectivity index (χ3n) is 7.33. The molecule has 2 N–H and O–H groups in total. The van der Waals surface area contributed by atoms with E-state index in [0.29, 0.717) is 12.8 Å². The van der Waals surface area contributed by atoms with Gasteiger partial charge in [0.1, 0.15) is 35.1 Å². The van der Waals surface area contributed by atoms with Gasteiger partial charge in [-0.3, -0.25) is 9.69 Å². The monoisotopic (exact) mass is 637 g/mol. The maximum atomic E-state index is 15.3. The molecule has 8 nitrogen and oxygen atoms in total. The number of amides is 1. The number of Topliss-reactive ketones (excluding diaryl/α,β-unsaturated/α-hetero) is 1. The van der Waals surface area contributed by atoms with E-state index in [1.54, 1.807) is 45.0 Å². The Balaban J connectivity index is 1.62. The van der Waals surface area contributed by atoms with Crippen LogP contribution in [-0.4, -0.2) is 46.3 Å². The largest absolute Gasteiger partial charge is 0.461 e. The molecule has 4 rings (SSSR count). The quantitative estimate of drug-likeness (QED) is 0.103. The summed E-state index contributed by atoms with van der Waals surface area (Å²) in [5.41, 5.74) is 5.12. The zero-order chi connectivity index (χ0) is 33.4. The molecule has 1 amide bonds. The molecular formula is C35H38F3N3O5. The standard InChI is InChI=1S/C35H38F3N3O5/c1-35(2,3)46-34(44)41(29(19-22-9-5-4-6-10-22)33(43)45-26-11-7-8-12-26)21-23-17-27(37)32(28(38)18-23)40-31(39)20-30(42)24-13-15-25(36)16-14-24/h4-6,9-10,13-18,26,29H,7-8,11-12,19-21H2,1-3H3,(H2,39,40)/t29-/m0/s1. The van der Waals surface area contributed by atoms with Gasteiger partial charge in [0.15, 0.2) is 17.4 Å². The van der Waals surface area contributed by atoms with Gasteiger partial charge in [0.25, 0.3) is 0 Å². The number of amidine groups is 1. The van der Waals surface area contributed by atoms with E-state index in [1.165, 1.54) is 12.1 Å². The van der Waals surface area contributed by atoms with Crippen molar-refractivity contribution in [1.82, 2.24) is 4.90 Å². The minimum absolute atomic E-state index is 0.0208. The van der Waals surface area contributed by atoms with Gasteiger partial charge in [0.05, 0.1) is 13.0 Å². The van der Waals surface area contributed by atoms with E-state index in [9.17, 15) is 18.8 Å². The summed E-state index contributed by atoms with van der Waals surface area (Å²) in [5.74, 6) is -4.21. The first-order chi connectivity index (χ1) is 21.8. The highest BCUT2D eigenvalue weighted by Crippen LogP contribution is 2.28. The number of ether oxygens (including phenoxy) is 2. The third kappa shape index (κ3) is 9.66. The average molecular weight is 638 g/mol. The van der Waals surface area contributed by atoms with Crippen LogP contribution in [0.25, 0.3) is 0 Å². The lowest BCUT2D eigenvalue weighted by Crippen LogP contribution is -2.49. The molecule has 244 valence electrons. The zero-order valence-corrected chi connectivity index (χ0v) is 26.1. The number of benzene rings is 3. The zero-order valence-electron chi connectivity index (χ0n) is 26.1. The predicted octanol–water partition coefficient (Wildman–Crippen LogP) is 7.20. The molecule has 0 heterocycles. The Labute approximate surface area is 266 Å². The maximum Gasteiger partial charge on any atom is 0.411 e. The first kappa shape index (κ1) is 34.2. The molecule has 3 aromatic carbocycles. The highest BCUT2D eigenvalue weighted by atomic mass is 19.1. The predicted molar refractivity (Wildman–Crippen MR) is 167 cm³/mol. The lowest BCUT2D eigenvalue weighted by atomic mass is 10.0. The molecule has 0 radical (unpaired) electrons. The minimum atomic E-state index is -1.16. The van der Waals surface area contributed by atoms with Crippen molar-refractivity contribution in [2.45, 2.75) is 83.6 Å². The van der Waals surface area contributed by atoms with E-state index in [1.807, 2.05) is 6.07 Å². The van der Waals surface area contributed by atoms with E-state index in [4.69, 9.17) is 15.2 Å². The van der Waals surface area contributed by atoms with Crippen LogP contribution < -0.4 is 5.73 Å². The highest BCUT2D eigenvalue weighted by molar-refractivity contribution is 6.09. The number of nitrogens with zero attached hydrogens (tertiary/aromatic N) is 2. The molecule has 0 saturated heterocycles. The summed E-state index contributed by atoms with van der Waals surface area (Å²) in [7, 11) is 0.